The molecule has 0 unspecified atom stereocenters. The monoisotopic (exact) mass is 469 g/mol. The summed E-state index contributed by atoms with van der Waals surface area (Å²) in [5.74, 6) is 0.928. The third-order valence-corrected chi connectivity index (χ3v) is 8.11. The minimum Gasteiger partial charge on any atom is -0.342 e. The summed E-state index contributed by atoms with van der Waals surface area (Å²) in [6.07, 6.45) is 9.57. The first-order chi connectivity index (χ1) is 17.0. The van der Waals surface area contributed by atoms with Gasteiger partial charge in [0.1, 0.15) is 0 Å². The summed E-state index contributed by atoms with van der Waals surface area (Å²) >= 11 is 0. The Bertz CT molecular complexity index is 1180. The Kier molecular flexibility index (Phi) is 6.85. The van der Waals surface area contributed by atoms with Crippen molar-refractivity contribution < 1.29 is 9.59 Å². The number of pyridine rings is 1. The van der Waals surface area contributed by atoms with Crippen molar-refractivity contribution in [2.24, 2.45) is 11.3 Å². The fourth-order valence-corrected chi connectivity index (χ4v) is 5.80. The van der Waals surface area contributed by atoms with Crippen molar-refractivity contribution in [1.29, 1.82) is 0 Å². The number of piperidine rings is 1. The van der Waals surface area contributed by atoms with Crippen LogP contribution in [-0.2, 0) is 11.2 Å². The normalized spacial score (nSPS) is 20.4. The van der Waals surface area contributed by atoms with Crippen LogP contribution < -0.4 is 0 Å². The Morgan fingerprint density at radius 2 is 1.71 bits per heavy atom. The number of amides is 2. The maximum atomic E-state index is 13.6. The van der Waals surface area contributed by atoms with Crippen molar-refractivity contribution in [3.05, 3.63) is 78.1 Å². The van der Waals surface area contributed by atoms with Gasteiger partial charge in [-0.3, -0.25) is 14.6 Å². The van der Waals surface area contributed by atoms with Crippen LogP contribution in [0, 0.1) is 11.3 Å². The Morgan fingerprint density at radius 1 is 0.914 bits per heavy atom. The number of benzene rings is 2. The lowest BCUT2D eigenvalue weighted by atomic mass is 9.78. The molecule has 2 aliphatic rings. The quantitative estimate of drug-likeness (QED) is 0.518. The van der Waals surface area contributed by atoms with Gasteiger partial charge >= 0.3 is 0 Å². The Labute approximate surface area is 208 Å². The molecular weight excluding hydrogens is 434 g/mol. The van der Waals surface area contributed by atoms with E-state index in [1.165, 1.54) is 16.3 Å². The molecule has 0 radical (unpaired) electrons. The van der Waals surface area contributed by atoms with Gasteiger partial charge in [0.2, 0.25) is 5.91 Å². The molecular formula is C30H35N3O2. The fraction of sp³-hybridized carbons (Fsp3) is 0.433. The molecule has 2 amide bonds. The lowest BCUT2D eigenvalue weighted by molar-refractivity contribution is -0.143. The summed E-state index contributed by atoms with van der Waals surface area (Å²) in [5, 5.41) is 2.49. The summed E-state index contributed by atoms with van der Waals surface area (Å²) in [6.45, 7) is 5.05. The van der Waals surface area contributed by atoms with Crippen LogP contribution in [0.2, 0.25) is 0 Å². The van der Waals surface area contributed by atoms with Crippen LogP contribution in [-0.4, -0.2) is 52.8 Å². The van der Waals surface area contributed by atoms with Crippen molar-refractivity contribution in [3.8, 4) is 0 Å². The highest BCUT2D eigenvalue weighted by atomic mass is 16.2. The average Bonchev–Trinajstić information content (AvgIpc) is 3.14. The first-order valence-corrected chi connectivity index (χ1v) is 13.0. The maximum absolute atomic E-state index is 13.6. The number of rotatable bonds is 4. The number of nitrogens with zero attached hydrogens (tertiary/aromatic N) is 3. The highest BCUT2D eigenvalue weighted by molar-refractivity contribution is 5.94. The van der Waals surface area contributed by atoms with E-state index >= 15 is 0 Å². The van der Waals surface area contributed by atoms with Crippen LogP contribution in [0.25, 0.3) is 10.8 Å². The van der Waals surface area contributed by atoms with Gasteiger partial charge in [0.05, 0.1) is 0 Å². The second kappa shape index (κ2) is 10.2. The van der Waals surface area contributed by atoms with Crippen molar-refractivity contribution in [2.45, 2.75) is 45.4 Å². The zero-order valence-corrected chi connectivity index (χ0v) is 20.7. The van der Waals surface area contributed by atoms with Gasteiger partial charge in [-0.2, -0.15) is 0 Å². The lowest BCUT2D eigenvalue weighted by Crippen LogP contribution is -2.50. The fourth-order valence-electron chi connectivity index (χ4n) is 5.80. The summed E-state index contributed by atoms with van der Waals surface area (Å²) in [7, 11) is 0. The molecule has 0 aliphatic carbocycles. The molecule has 0 spiro atoms. The third-order valence-electron chi connectivity index (χ3n) is 8.11. The van der Waals surface area contributed by atoms with Crippen LogP contribution in [0.1, 0.15) is 54.9 Å². The topological polar surface area (TPSA) is 53.5 Å². The average molecular weight is 470 g/mol. The van der Waals surface area contributed by atoms with Gasteiger partial charge in [0.25, 0.3) is 5.91 Å². The van der Waals surface area contributed by atoms with Crippen LogP contribution in [0.15, 0.2) is 67.0 Å². The number of carbonyl (C=O) groups is 2. The summed E-state index contributed by atoms with van der Waals surface area (Å²) in [5.41, 5.74) is 1.71. The molecule has 5 nitrogen and oxygen atoms in total. The van der Waals surface area contributed by atoms with Crippen LogP contribution in [0.4, 0.5) is 0 Å². The predicted molar refractivity (Wildman–Crippen MR) is 139 cm³/mol. The summed E-state index contributed by atoms with van der Waals surface area (Å²) < 4.78 is 0. The highest BCUT2D eigenvalue weighted by Crippen LogP contribution is 2.35. The lowest BCUT2D eigenvalue weighted by Gasteiger charge is -2.41. The van der Waals surface area contributed by atoms with Crippen molar-refractivity contribution in [2.75, 3.05) is 26.2 Å². The Balaban J connectivity index is 1.18. The van der Waals surface area contributed by atoms with E-state index in [2.05, 4.69) is 41.1 Å². The predicted octanol–water partition coefficient (Wildman–Crippen LogP) is 5.35. The van der Waals surface area contributed by atoms with E-state index in [0.29, 0.717) is 19.0 Å². The number of likely N-dealkylation sites (tertiary alicyclic amines) is 2. The van der Waals surface area contributed by atoms with Gasteiger partial charge in [0, 0.05) is 54.9 Å². The van der Waals surface area contributed by atoms with E-state index in [1.54, 1.807) is 0 Å². The molecule has 0 saturated carbocycles. The largest absolute Gasteiger partial charge is 0.342 e. The molecule has 3 aromatic rings. The number of hydrogen-bond donors (Lipinski definition) is 0. The van der Waals surface area contributed by atoms with E-state index < -0.39 is 0 Å². The molecule has 2 aromatic carbocycles. The van der Waals surface area contributed by atoms with Gasteiger partial charge < -0.3 is 9.80 Å². The second-order valence-electron chi connectivity index (χ2n) is 10.5. The minimum atomic E-state index is -0.380. The molecule has 0 N–H and O–H groups in total. The molecule has 5 heteroatoms. The van der Waals surface area contributed by atoms with Crippen molar-refractivity contribution in [3.63, 3.8) is 0 Å². The van der Waals surface area contributed by atoms with E-state index in [0.717, 1.165) is 57.2 Å². The van der Waals surface area contributed by atoms with Crippen molar-refractivity contribution in [1.82, 2.24) is 14.8 Å². The molecule has 1 atom stereocenters. The standard InChI is InChI=1S/C30H35N3O2/c1-30(14-19-32(20-15-30)28(34)25-8-3-2-4-9-25)29(35)33-17-6-7-23(13-18-33)21-26-11-5-10-24-12-16-31-22-27(24)26/h2-5,8-12,16,22-23H,6-7,13-15,17-21H2,1H3/t23-/m1/s1. The number of hydrogen-bond acceptors (Lipinski definition) is 3. The van der Waals surface area contributed by atoms with E-state index in [-0.39, 0.29) is 17.2 Å². The SMILES string of the molecule is CC1(C(=O)N2CCC[C@@H](Cc3cccc4ccncc34)CC2)CCN(C(=O)c2ccccc2)CC1. The molecule has 35 heavy (non-hydrogen) atoms. The molecule has 2 fully saturated rings. The number of carbonyl (C=O) groups excluding carboxylic acids is 2. The zero-order chi connectivity index (χ0) is 24.3. The number of fused-ring (bicyclic) bond motifs is 1. The first kappa shape index (κ1) is 23.5. The van der Waals surface area contributed by atoms with Crippen LogP contribution in [0.3, 0.4) is 0 Å². The molecule has 182 valence electrons. The molecule has 2 saturated heterocycles. The van der Waals surface area contributed by atoms with E-state index in [9.17, 15) is 9.59 Å². The third kappa shape index (κ3) is 5.09. The Morgan fingerprint density at radius 3 is 2.51 bits per heavy atom. The smallest absolute Gasteiger partial charge is 0.253 e. The van der Waals surface area contributed by atoms with Gasteiger partial charge in [-0.25, -0.2) is 0 Å². The number of aromatic nitrogens is 1. The summed E-state index contributed by atoms with van der Waals surface area (Å²) in [6, 6.07) is 18.0. The molecule has 5 rings (SSSR count). The van der Waals surface area contributed by atoms with E-state index in [4.69, 9.17) is 0 Å². The van der Waals surface area contributed by atoms with E-state index in [1.807, 2.05) is 47.6 Å². The van der Waals surface area contributed by atoms with Gasteiger partial charge in [-0.15, -0.1) is 0 Å². The van der Waals surface area contributed by atoms with Crippen LogP contribution in [0.5, 0.6) is 0 Å². The highest BCUT2D eigenvalue weighted by Gasteiger charge is 2.41. The molecule has 3 heterocycles. The molecule has 1 aromatic heterocycles. The Hall–Kier alpha value is -3.21. The van der Waals surface area contributed by atoms with Gasteiger partial charge in [0.15, 0.2) is 0 Å². The molecule has 2 aliphatic heterocycles. The van der Waals surface area contributed by atoms with Crippen LogP contribution >= 0.6 is 0 Å². The minimum absolute atomic E-state index is 0.0707. The van der Waals surface area contributed by atoms with Gasteiger partial charge in [-0.1, -0.05) is 43.3 Å². The molecule has 0 bridgehead atoms. The summed E-state index contributed by atoms with van der Waals surface area (Å²) in [4.78, 5) is 34.8. The maximum Gasteiger partial charge on any atom is 0.253 e. The first-order valence-electron chi connectivity index (χ1n) is 13.0. The zero-order valence-electron chi connectivity index (χ0n) is 20.7. The second-order valence-corrected chi connectivity index (χ2v) is 10.5. The van der Waals surface area contributed by atoms with Crippen molar-refractivity contribution >= 4 is 22.6 Å². The van der Waals surface area contributed by atoms with Gasteiger partial charge in [-0.05, 0) is 73.6 Å².